The van der Waals surface area contributed by atoms with Crippen LogP contribution in [0.2, 0.25) is 0 Å². The maximum atomic E-state index is 13.4. The Morgan fingerprint density at radius 3 is 2.35 bits per heavy atom. The Labute approximate surface area is 236 Å². The molecule has 8 heteroatoms. The minimum atomic E-state index is -0.348. The Hall–Kier alpha value is -3.65. The lowest BCUT2D eigenvalue weighted by Gasteiger charge is -2.45. The van der Waals surface area contributed by atoms with Crippen molar-refractivity contribution in [2.45, 2.75) is 78.6 Å². The van der Waals surface area contributed by atoms with E-state index < -0.39 is 0 Å². The second-order valence-corrected chi connectivity index (χ2v) is 12.5. The van der Waals surface area contributed by atoms with Gasteiger partial charge in [-0.15, -0.1) is 0 Å². The highest BCUT2D eigenvalue weighted by Crippen LogP contribution is 2.36. The zero-order valence-corrected chi connectivity index (χ0v) is 24.6. The third-order valence-electron chi connectivity index (χ3n) is 7.87. The normalized spacial score (nSPS) is 16.6. The summed E-state index contributed by atoms with van der Waals surface area (Å²) in [5, 5.41) is 8.73. The molecular weight excluding hydrogens is 500 g/mol. The second kappa shape index (κ2) is 11.1. The van der Waals surface area contributed by atoms with E-state index in [1.54, 1.807) is 4.57 Å². The SMILES string of the molecule is CC(C)Cn1c(=O)n(C)c(=O)c2c(Nc3ccccc3)n(Cc3ccc(C4CCCCN4C(C)(C)C)cc3)nc21. The molecule has 2 aromatic carbocycles. The van der Waals surface area contributed by atoms with E-state index in [-0.39, 0.29) is 22.7 Å². The fourth-order valence-electron chi connectivity index (χ4n) is 5.89. The molecule has 1 atom stereocenters. The van der Waals surface area contributed by atoms with Crippen LogP contribution >= 0.6 is 0 Å². The Morgan fingerprint density at radius 1 is 1.00 bits per heavy atom. The van der Waals surface area contributed by atoms with Crippen LogP contribution in [0.4, 0.5) is 11.5 Å². The molecule has 1 aliphatic heterocycles. The number of para-hydroxylation sites is 1. The van der Waals surface area contributed by atoms with E-state index in [9.17, 15) is 9.59 Å². The molecule has 3 heterocycles. The molecular formula is C32H42N6O2. The van der Waals surface area contributed by atoms with Crippen LogP contribution in [0.25, 0.3) is 11.0 Å². The summed E-state index contributed by atoms with van der Waals surface area (Å²) < 4.78 is 4.64. The van der Waals surface area contributed by atoms with Crippen molar-refractivity contribution in [2.24, 2.45) is 13.0 Å². The number of aromatic nitrogens is 4. The van der Waals surface area contributed by atoms with Crippen LogP contribution < -0.4 is 16.6 Å². The first-order chi connectivity index (χ1) is 19.0. The number of piperidine rings is 1. The van der Waals surface area contributed by atoms with Crippen LogP contribution in [-0.4, -0.2) is 35.9 Å². The summed E-state index contributed by atoms with van der Waals surface area (Å²) in [5.74, 6) is 0.809. The Balaban J connectivity index is 1.57. The number of benzene rings is 2. The molecule has 8 nitrogen and oxygen atoms in total. The number of likely N-dealkylation sites (tertiary alicyclic amines) is 1. The fraction of sp³-hybridized carbons (Fsp3) is 0.469. The minimum absolute atomic E-state index is 0.120. The molecule has 0 bridgehead atoms. The van der Waals surface area contributed by atoms with Crippen molar-refractivity contribution in [3.63, 3.8) is 0 Å². The van der Waals surface area contributed by atoms with Crippen molar-refractivity contribution in [3.05, 3.63) is 86.6 Å². The first kappa shape index (κ1) is 27.9. The average Bonchev–Trinajstić information content (AvgIpc) is 3.27. The summed E-state index contributed by atoms with van der Waals surface area (Å²) >= 11 is 0. The van der Waals surface area contributed by atoms with Gasteiger partial charge in [-0.1, -0.05) is 62.7 Å². The summed E-state index contributed by atoms with van der Waals surface area (Å²) in [7, 11) is 1.54. The van der Waals surface area contributed by atoms with Gasteiger partial charge in [-0.25, -0.2) is 9.48 Å². The predicted octanol–water partition coefficient (Wildman–Crippen LogP) is 5.67. The fourth-order valence-corrected chi connectivity index (χ4v) is 5.89. The number of fused-ring (bicyclic) bond motifs is 1. The molecule has 0 aliphatic carbocycles. The van der Waals surface area contributed by atoms with E-state index >= 15 is 0 Å². The van der Waals surface area contributed by atoms with Gasteiger partial charge in [0, 0.05) is 30.9 Å². The smallest absolute Gasteiger partial charge is 0.332 e. The van der Waals surface area contributed by atoms with Gasteiger partial charge in [0.25, 0.3) is 5.56 Å². The van der Waals surface area contributed by atoms with E-state index in [4.69, 9.17) is 5.10 Å². The van der Waals surface area contributed by atoms with Crippen LogP contribution in [0.15, 0.2) is 64.2 Å². The van der Waals surface area contributed by atoms with Crippen molar-refractivity contribution in [2.75, 3.05) is 11.9 Å². The number of nitrogens with one attached hydrogen (secondary N) is 1. The van der Waals surface area contributed by atoms with Gasteiger partial charge in [-0.3, -0.25) is 18.8 Å². The highest BCUT2D eigenvalue weighted by Gasteiger charge is 2.32. The molecule has 1 saturated heterocycles. The Bertz CT molecular complexity index is 1590. The molecule has 40 heavy (non-hydrogen) atoms. The monoisotopic (exact) mass is 542 g/mol. The van der Waals surface area contributed by atoms with E-state index in [2.05, 4.69) is 69.1 Å². The van der Waals surface area contributed by atoms with E-state index in [0.717, 1.165) is 17.8 Å². The van der Waals surface area contributed by atoms with Crippen LogP contribution in [-0.2, 0) is 20.1 Å². The minimum Gasteiger partial charge on any atom is -0.340 e. The maximum Gasteiger partial charge on any atom is 0.332 e. The molecule has 1 fully saturated rings. The van der Waals surface area contributed by atoms with Gasteiger partial charge >= 0.3 is 5.69 Å². The largest absolute Gasteiger partial charge is 0.340 e. The summed E-state index contributed by atoms with van der Waals surface area (Å²) in [6.07, 6.45) is 3.67. The molecule has 1 unspecified atom stereocenters. The van der Waals surface area contributed by atoms with Crippen molar-refractivity contribution in [1.29, 1.82) is 0 Å². The van der Waals surface area contributed by atoms with Gasteiger partial charge in [0.2, 0.25) is 0 Å². The van der Waals surface area contributed by atoms with Crippen molar-refractivity contribution >= 4 is 22.5 Å². The number of anilines is 2. The summed E-state index contributed by atoms with van der Waals surface area (Å²) in [6, 6.07) is 19.0. The molecule has 0 radical (unpaired) electrons. The molecule has 1 N–H and O–H groups in total. The first-order valence-electron chi connectivity index (χ1n) is 14.4. The topological polar surface area (TPSA) is 77.1 Å². The lowest BCUT2D eigenvalue weighted by atomic mass is 9.90. The van der Waals surface area contributed by atoms with Crippen LogP contribution in [0.3, 0.4) is 0 Å². The predicted molar refractivity (Wildman–Crippen MR) is 162 cm³/mol. The van der Waals surface area contributed by atoms with Crippen LogP contribution in [0, 0.1) is 5.92 Å². The number of hydrogen-bond acceptors (Lipinski definition) is 5. The van der Waals surface area contributed by atoms with Gasteiger partial charge in [0.1, 0.15) is 11.2 Å². The van der Waals surface area contributed by atoms with Gasteiger partial charge < -0.3 is 5.32 Å². The Morgan fingerprint density at radius 2 is 1.70 bits per heavy atom. The zero-order chi connectivity index (χ0) is 28.6. The molecule has 212 valence electrons. The molecule has 1 aliphatic rings. The lowest BCUT2D eigenvalue weighted by Crippen LogP contribution is -2.46. The van der Waals surface area contributed by atoms with Gasteiger partial charge in [0.15, 0.2) is 5.65 Å². The Kier molecular flexibility index (Phi) is 7.73. The summed E-state index contributed by atoms with van der Waals surface area (Å²) in [6.45, 7) is 13.1. The average molecular weight is 543 g/mol. The zero-order valence-electron chi connectivity index (χ0n) is 24.6. The van der Waals surface area contributed by atoms with Gasteiger partial charge in [-0.05, 0) is 69.3 Å². The maximum absolute atomic E-state index is 13.4. The van der Waals surface area contributed by atoms with Crippen molar-refractivity contribution in [3.8, 4) is 0 Å². The quantitative estimate of drug-likeness (QED) is 0.326. The number of rotatable bonds is 7. The van der Waals surface area contributed by atoms with Gasteiger partial charge in [0.05, 0.1) is 6.54 Å². The third-order valence-corrected chi connectivity index (χ3v) is 7.87. The number of nitrogens with zero attached hydrogens (tertiary/aromatic N) is 5. The van der Waals surface area contributed by atoms with E-state index in [1.165, 1.54) is 36.4 Å². The second-order valence-electron chi connectivity index (χ2n) is 12.5. The highest BCUT2D eigenvalue weighted by atomic mass is 16.2. The highest BCUT2D eigenvalue weighted by molar-refractivity contribution is 5.89. The summed E-state index contributed by atoms with van der Waals surface area (Å²) in [4.78, 5) is 29.2. The summed E-state index contributed by atoms with van der Waals surface area (Å²) in [5.41, 5.74) is 3.12. The molecule has 0 spiro atoms. The van der Waals surface area contributed by atoms with Crippen LogP contribution in [0.5, 0.6) is 0 Å². The number of hydrogen-bond donors (Lipinski definition) is 1. The van der Waals surface area contributed by atoms with Crippen molar-refractivity contribution in [1.82, 2.24) is 23.8 Å². The van der Waals surface area contributed by atoms with E-state index in [1.807, 2.05) is 35.0 Å². The van der Waals surface area contributed by atoms with E-state index in [0.29, 0.717) is 36.0 Å². The van der Waals surface area contributed by atoms with Crippen LogP contribution in [0.1, 0.15) is 71.0 Å². The molecule has 0 saturated carbocycles. The van der Waals surface area contributed by atoms with Gasteiger partial charge in [-0.2, -0.15) is 5.10 Å². The standard InChI is InChI=1S/C32H42N6O2/c1-22(2)20-36-29-27(30(39)35(6)31(36)40)28(33-25-12-8-7-9-13-25)38(34-29)21-23-15-17-24(18-16-23)26-14-10-11-19-37(26)32(3,4)5/h7-9,12-13,15-18,22,26,33H,10-11,14,19-21H2,1-6H3. The molecule has 0 amide bonds. The lowest BCUT2D eigenvalue weighted by molar-refractivity contribution is 0.0509. The molecule has 2 aromatic heterocycles. The third kappa shape index (κ3) is 5.50. The van der Waals surface area contributed by atoms with Crippen molar-refractivity contribution < 1.29 is 0 Å². The molecule has 5 rings (SSSR count). The molecule has 4 aromatic rings. The first-order valence-corrected chi connectivity index (χ1v) is 14.4.